The van der Waals surface area contributed by atoms with E-state index in [2.05, 4.69) is 21.2 Å². The van der Waals surface area contributed by atoms with E-state index in [1.165, 1.54) is 7.11 Å². The van der Waals surface area contributed by atoms with Gasteiger partial charge in [0, 0.05) is 16.7 Å². The van der Waals surface area contributed by atoms with Crippen LogP contribution in [0.2, 0.25) is 5.02 Å². The molecule has 0 atom stereocenters. The number of ether oxygens (including phenoxy) is 1. The molecule has 0 radical (unpaired) electrons. The lowest BCUT2D eigenvalue weighted by Gasteiger charge is -2.10. The van der Waals surface area contributed by atoms with Crippen molar-refractivity contribution in [2.75, 3.05) is 12.4 Å². The number of carbonyl (C=O) groups is 1. The van der Waals surface area contributed by atoms with Gasteiger partial charge >= 0.3 is 5.97 Å². The van der Waals surface area contributed by atoms with E-state index >= 15 is 0 Å². The minimum Gasteiger partial charge on any atom is -0.465 e. The van der Waals surface area contributed by atoms with Gasteiger partial charge in [-0.3, -0.25) is 0 Å². The van der Waals surface area contributed by atoms with Crippen molar-refractivity contribution >= 4 is 39.2 Å². The molecule has 104 valence electrons. The molecule has 20 heavy (non-hydrogen) atoms. The van der Waals surface area contributed by atoms with Crippen LogP contribution in [0.3, 0.4) is 0 Å². The molecule has 1 N–H and O–H groups in total. The molecule has 2 rings (SSSR count). The average molecular weight is 355 g/mol. The minimum atomic E-state index is -0.337. The summed E-state index contributed by atoms with van der Waals surface area (Å²) in [7, 11) is 1.38. The van der Waals surface area contributed by atoms with Crippen molar-refractivity contribution in [3.63, 3.8) is 0 Å². The van der Waals surface area contributed by atoms with Gasteiger partial charge in [0.1, 0.15) is 0 Å². The summed E-state index contributed by atoms with van der Waals surface area (Å²) in [5.41, 5.74) is 2.32. The van der Waals surface area contributed by atoms with E-state index in [1.54, 1.807) is 6.07 Å². The van der Waals surface area contributed by atoms with Crippen LogP contribution < -0.4 is 5.32 Å². The molecule has 0 aliphatic rings. The molecule has 0 fully saturated rings. The Morgan fingerprint density at radius 2 is 2.05 bits per heavy atom. The van der Waals surface area contributed by atoms with Crippen LogP contribution in [0, 0.1) is 0 Å². The predicted octanol–water partition coefficient (Wildman–Crippen LogP) is 4.50. The zero-order valence-electron chi connectivity index (χ0n) is 10.8. The molecule has 5 heteroatoms. The second-order valence-electron chi connectivity index (χ2n) is 4.13. The Labute approximate surface area is 131 Å². The summed E-state index contributed by atoms with van der Waals surface area (Å²) in [5.74, 6) is -0.337. The Kier molecular flexibility index (Phi) is 5.04. The van der Waals surface area contributed by atoms with Crippen molar-refractivity contribution in [2.24, 2.45) is 0 Å². The molecular formula is C15H13BrClNO2. The number of hydrogen-bond acceptors (Lipinski definition) is 3. The smallest absolute Gasteiger partial charge is 0.338 e. The van der Waals surface area contributed by atoms with E-state index in [1.807, 2.05) is 36.4 Å². The van der Waals surface area contributed by atoms with Gasteiger partial charge in [-0.05, 0) is 45.8 Å². The van der Waals surface area contributed by atoms with Gasteiger partial charge in [-0.1, -0.05) is 29.8 Å². The molecule has 0 bridgehead atoms. The maximum atomic E-state index is 11.7. The van der Waals surface area contributed by atoms with Gasteiger partial charge in [0.25, 0.3) is 0 Å². The van der Waals surface area contributed by atoms with Crippen molar-refractivity contribution in [3.05, 3.63) is 63.1 Å². The first-order chi connectivity index (χ1) is 9.61. The predicted molar refractivity (Wildman–Crippen MR) is 84.3 cm³/mol. The monoisotopic (exact) mass is 353 g/mol. The lowest BCUT2D eigenvalue weighted by atomic mass is 10.1. The molecule has 0 aromatic heterocycles. The molecular weight excluding hydrogens is 342 g/mol. The van der Waals surface area contributed by atoms with Crippen molar-refractivity contribution < 1.29 is 9.53 Å². The zero-order valence-corrected chi connectivity index (χ0v) is 13.2. The molecule has 0 amide bonds. The van der Waals surface area contributed by atoms with Crippen molar-refractivity contribution in [2.45, 2.75) is 6.54 Å². The number of benzene rings is 2. The lowest BCUT2D eigenvalue weighted by molar-refractivity contribution is 0.0599. The molecule has 0 spiro atoms. The van der Waals surface area contributed by atoms with Crippen LogP contribution in [-0.4, -0.2) is 13.1 Å². The van der Waals surface area contributed by atoms with Crippen LogP contribution in [0.4, 0.5) is 5.69 Å². The van der Waals surface area contributed by atoms with Crippen LogP contribution >= 0.6 is 27.5 Å². The topological polar surface area (TPSA) is 38.3 Å². The number of nitrogens with one attached hydrogen (secondary N) is 1. The van der Waals surface area contributed by atoms with Crippen LogP contribution in [0.1, 0.15) is 15.9 Å². The van der Waals surface area contributed by atoms with E-state index in [9.17, 15) is 4.79 Å². The maximum absolute atomic E-state index is 11.7. The minimum absolute atomic E-state index is 0.337. The third-order valence-corrected chi connectivity index (χ3v) is 4.06. The number of anilines is 1. The maximum Gasteiger partial charge on any atom is 0.338 e. The first-order valence-electron chi connectivity index (χ1n) is 5.97. The molecule has 0 saturated heterocycles. The summed E-state index contributed by atoms with van der Waals surface area (Å²) in [6, 6.07) is 12.9. The number of rotatable bonds is 4. The first-order valence-corrected chi connectivity index (χ1v) is 7.14. The summed E-state index contributed by atoms with van der Waals surface area (Å²) >= 11 is 9.38. The largest absolute Gasteiger partial charge is 0.465 e. The summed E-state index contributed by atoms with van der Waals surface area (Å²) in [6.07, 6.45) is 0. The Bertz CT molecular complexity index is 631. The fourth-order valence-corrected chi connectivity index (χ4v) is 2.21. The Hall–Kier alpha value is -1.52. The van der Waals surface area contributed by atoms with Crippen LogP contribution in [-0.2, 0) is 11.3 Å². The van der Waals surface area contributed by atoms with E-state index in [0.29, 0.717) is 17.1 Å². The molecule has 0 aliphatic carbocycles. The number of esters is 1. The van der Waals surface area contributed by atoms with Gasteiger partial charge in [-0.15, -0.1) is 0 Å². The highest BCUT2D eigenvalue weighted by Gasteiger charge is 2.10. The molecule has 0 saturated carbocycles. The van der Waals surface area contributed by atoms with Crippen molar-refractivity contribution in [1.29, 1.82) is 0 Å². The fraction of sp³-hybridized carbons (Fsp3) is 0.133. The van der Waals surface area contributed by atoms with Crippen LogP contribution in [0.15, 0.2) is 46.9 Å². The number of hydrogen-bond donors (Lipinski definition) is 1. The molecule has 2 aromatic rings. The molecule has 0 unspecified atom stereocenters. The van der Waals surface area contributed by atoms with E-state index in [0.717, 1.165) is 15.7 Å². The number of halogens is 2. The lowest BCUT2D eigenvalue weighted by Crippen LogP contribution is -2.09. The van der Waals surface area contributed by atoms with Crippen LogP contribution in [0.5, 0.6) is 0 Å². The molecule has 0 aliphatic heterocycles. The summed E-state index contributed by atoms with van der Waals surface area (Å²) in [4.78, 5) is 11.7. The second kappa shape index (κ2) is 6.77. The summed E-state index contributed by atoms with van der Waals surface area (Å²) < 4.78 is 5.62. The third kappa shape index (κ3) is 3.52. The van der Waals surface area contributed by atoms with Gasteiger partial charge in [-0.2, -0.15) is 0 Å². The Morgan fingerprint density at radius 1 is 1.30 bits per heavy atom. The van der Waals surface area contributed by atoms with Gasteiger partial charge in [0.05, 0.1) is 17.7 Å². The average Bonchev–Trinajstić information content (AvgIpc) is 2.48. The Balaban J connectivity index is 2.14. The molecule has 0 heterocycles. The zero-order chi connectivity index (χ0) is 14.5. The second-order valence-corrected chi connectivity index (χ2v) is 5.39. The molecule has 2 aromatic carbocycles. The highest BCUT2D eigenvalue weighted by atomic mass is 79.9. The van der Waals surface area contributed by atoms with E-state index in [-0.39, 0.29) is 5.97 Å². The standard InChI is InChI=1S/C15H13BrClNO2/c1-20-15(19)12-5-3-2-4-10(12)9-18-11-6-7-13(16)14(17)8-11/h2-8,18H,9H2,1H3. The van der Waals surface area contributed by atoms with E-state index < -0.39 is 0 Å². The van der Waals surface area contributed by atoms with Crippen molar-refractivity contribution in [1.82, 2.24) is 0 Å². The molecule has 3 nitrogen and oxygen atoms in total. The number of carbonyl (C=O) groups excluding carboxylic acids is 1. The third-order valence-electron chi connectivity index (χ3n) is 2.83. The van der Waals surface area contributed by atoms with Gasteiger partial charge in [0.15, 0.2) is 0 Å². The van der Waals surface area contributed by atoms with Crippen molar-refractivity contribution in [3.8, 4) is 0 Å². The SMILES string of the molecule is COC(=O)c1ccccc1CNc1ccc(Br)c(Cl)c1. The summed E-state index contributed by atoms with van der Waals surface area (Å²) in [5, 5.41) is 3.87. The van der Waals surface area contributed by atoms with Gasteiger partial charge in [0.2, 0.25) is 0 Å². The van der Waals surface area contributed by atoms with Gasteiger partial charge in [-0.25, -0.2) is 4.79 Å². The van der Waals surface area contributed by atoms with E-state index in [4.69, 9.17) is 16.3 Å². The highest BCUT2D eigenvalue weighted by Crippen LogP contribution is 2.26. The normalized spacial score (nSPS) is 10.2. The number of methoxy groups -OCH3 is 1. The quantitative estimate of drug-likeness (QED) is 0.822. The van der Waals surface area contributed by atoms with Crippen LogP contribution in [0.25, 0.3) is 0 Å². The highest BCUT2D eigenvalue weighted by molar-refractivity contribution is 9.10. The summed E-state index contributed by atoms with van der Waals surface area (Å²) in [6.45, 7) is 0.517. The first kappa shape index (κ1) is 14.9. The Morgan fingerprint density at radius 3 is 2.75 bits per heavy atom. The fourth-order valence-electron chi connectivity index (χ4n) is 1.79. The van der Waals surface area contributed by atoms with Gasteiger partial charge < -0.3 is 10.1 Å².